The number of amides is 1. The van der Waals surface area contributed by atoms with Crippen LogP contribution in [0.2, 0.25) is 0 Å². The summed E-state index contributed by atoms with van der Waals surface area (Å²) in [6.07, 6.45) is 2.24. The molecule has 0 aliphatic heterocycles. The molecule has 0 saturated heterocycles. The van der Waals surface area contributed by atoms with Gasteiger partial charge in [0.1, 0.15) is 5.76 Å². The lowest BCUT2D eigenvalue weighted by Crippen LogP contribution is -2.24. The van der Waals surface area contributed by atoms with Crippen LogP contribution in [-0.2, 0) is 11.2 Å². The molecule has 3 aromatic rings. The molecule has 27 heavy (non-hydrogen) atoms. The molecular formula is C22H22N2O3. The van der Waals surface area contributed by atoms with E-state index in [9.17, 15) is 9.59 Å². The van der Waals surface area contributed by atoms with Gasteiger partial charge in [0.2, 0.25) is 11.8 Å². The van der Waals surface area contributed by atoms with Crippen LogP contribution >= 0.6 is 0 Å². The average molecular weight is 362 g/mol. The Morgan fingerprint density at radius 1 is 1.00 bits per heavy atom. The Labute approximate surface area is 158 Å². The molecule has 0 bridgehead atoms. The predicted molar refractivity (Wildman–Crippen MR) is 105 cm³/mol. The van der Waals surface area contributed by atoms with Crippen molar-refractivity contribution in [3.8, 4) is 11.1 Å². The fraction of sp³-hybridized carbons (Fsp3) is 0.227. The van der Waals surface area contributed by atoms with Crippen molar-refractivity contribution < 1.29 is 14.0 Å². The zero-order valence-corrected chi connectivity index (χ0v) is 15.7. The number of ketones is 1. The second-order valence-corrected chi connectivity index (χ2v) is 6.40. The van der Waals surface area contributed by atoms with Crippen molar-refractivity contribution in [2.75, 3.05) is 11.9 Å². The molecule has 0 spiro atoms. The molecule has 0 N–H and O–H groups in total. The number of aromatic nitrogens is 1. The van der Waals surface area contributed by atoms with Crippen LogP contribution in [0.4, 0.5) is 5.69 Å². The summed E-state index contributed by atoms with van der Waals surface area (Å²) in [5, 5.41) is 0. The van der Waals surface area contributed by atoms with Crippen LogP contribution in [0.25, 0.3) is 11.1 Å². The first-order valence-electron chi connectivity index (χ1n) is 8.89. The molecule has 0 atom stereocenters. The van der Waals surface area contributed by atoms with E-state index in [1.165, 1.54) is 0 Å². The lowest BCUT2D eigenvalue weighted by Gasteiger charge is -2.16. The van der Waals surface area contributed by atoms with E-state index in [2.05, 4.69) is 4.98 Å². The van der Waals surface area contributed by atoms with E-state index in [0.29, 0.717) is 23.6 Å². The number of carbonyl (C=O) groups is 2. The van der Waals surface area contributed by atoms with Gasteiger partial charge in [0.15, 0.2) is 5.78 Å². The van der Waals surface area contributed by atoms with E-state index < -0.39 is 0 Å². The van der Waals surface area contributed by atoms with Crippen molar-refractivity contribution >= 4 is 17.4 Å². The molecule has 0 unspecified atom stereocenters. The van der Waals surface area contributed by atoms with E-state index in [4.69, 9.17) is 4.42 Å². The molecule has 2 aromatic carbocycles. The van der Waals surface area contributed by atoms with Crippen LogP contribution < -0.4 is 4.90 Å². The van der Waals surface area contributed by atoms with E-state index in [1.54, 1.807) is 25.1 Å². The largest absolute Gasteiger partial charge is 0.446 e. The minimum absolute atomic E-state index is 0.0292. The van der Waals surface area contributed by atoms with Gasteiger partial charge < -0.3 is 9.32 Å². The van der Waals surface area contributed by atoms with Crippen LogP contribution in [-0.4, -0.2) is 23.7 Å². The average Bonchev–Trinajstić information content (AvgIpc) is 3.11. The molecule has 5 heteroatoms. The highest BCUT2D eigenvalue weighted by Gasteiger charge is 2.12. The van der Waals surface area contributed by atoms with Crippen LogP contribution in [0.1, 0.15) is 35.4 Å². The van der Waals surface area contributed by atoms with Gasteiger partial charge in [0.25, 0.3) is 0 Å². The van der Waals surface area contributed by atoms with Crippen LogP contribution in [0.3, 0.4) is 0 Å². The third kappa shape index (κ3) is 4.31. The summed E-state index contributed by atoms with van der Waals surface area (Å²) >= 11 is 0. The molecule has 0 aliphatic carbocycles. The van der Waals surface area contributed by atoms with E-state index in [1.807, 2.05) is 55.5 Å². The maximum absolute atomic E-state index is 12.3. The number of carbonyl (C=O) groups excluding carboxylic acids is 2. The van der Waals surface area contributed by atoms with Crippen molar-refractivity contribution in [1.29, 1.82) is 0 Å². The van der Waals surface area contributed by atoms with Gasteiger partial charge in [-0.2, -0.15) is 0 Å². The normalized spacial score (nSPS) is 10.6. The highest BCUT2D eigenvalue weighted by atomic mass is 16.4. The Morgan fingerprint density at radius 2 is 1.59 bits per heavy atom. The van der Waals surface area contributed by atoms with Crippen molar-refractivity contribution in [2.45, 2.75) is 26.7 Å². The Hall–Kier alpha value is -3.21. The summed E-state index contributed by atoms with van der Waals surface area (Å²) in [5.74, 6) is 1.18. The Morgan fingerprint density at radius 3 is 2.11 bits per heavy atom. The van der Waals surface area contributed by atoms with E-state index in [-0.39, 0.29) is 18.1 Å². The number of hydrogen-bond donors (Lipinski definition) is 0. The Balaban J connectivity index is 1.71. The number of aryl methyl sites for hydroxylation is 1. The molecule has 0 radical (unpaired) electrons. The summed E-state index contributed by atoms with van der Waals surface area (Å²) in [6.45, 7) is 3.65. The Bertz CT molecular complexity index is 940. The summed E-state index contributed by atoms with van der Waals surface area (Å²) in [5.41, 5.74) is 3.52. The number of rotatable bonds is 6. The summed E-state index contributed by atoms with van der Waals surface area (Å²) in [7, 11) is 1.77. The minimum atomic E-state index is -0.0292. The molecule has 0 fully saturated rings. The van der Waals surface area contributed by atoms with Crippen LogP contribution in [0.15, 0.2) is 59.1 Å². The van der Waals surface area contributed by atoms with Gasteiger partial charge in [-0.05, 0) is 30.2 Å². The van der Waals surface area contributed by atoms with Gasteiger partial charge >= 0.3 is 0 Å². The maximum Gasteiger partial charge on any atom is 0.226 e. The van der Waals surface area contributed by atoms with Gasteiger partial charge in [-0.3, -0.25) is 9.59 Å². The number of anilines is 1. The first kappa shape index (κ1) is 18.6. The zero-order valence-electron chi connectivity index (χ0n) is 15.7. The summed E-state index contributed by atoms with van der Waals surface area (Å²) < 4.78 is 5.36. The van der Waals surface area contributed by atoms with Gasteiger partial charge in [-0.15, -0.1) is 0 Å². The predicted octanol–water partition coefficient (Wildman–Crippen LogP) is 4.45. The molecule has 1 aromatic heterocycles. The molecule has 1 heterocycles. The highest BCUT2D eigenvalue weighted by molar-refractivity contribution is 5.97. The quantitative estimate of drug-likeness (QED) is 0.608. The highest BCUT2D eigenvalue weighted by Crippen LogP contribution is 2.24. The van der Waals surface area contributed by atoms with Gasteiger partial charge in [0.05, 0.1) is 12.6 Å². The molecule has 3 rings (SSSR count). The lowest BCUT2D eigenvalue weighted by molar-refractivity contribution is -0.118. The zero-order chi connectivity index (χ0) is 19.4. The van der Waals surface area contributed by atoms with Crippen molar-refractivity contribution in [3.63, 3.8) is 0 Å². The van der Waals surface area contributed by atoms with E-state index >= 15 is 0 Å². The first-order valence-corrected chi connectivity index (χ1v) is 8.89. The molecule has 0 saturated carbocycles. The Kier molecular flexibility index (Phi) is 5.50. The third-order valence-corrected chi connectivity index (χ3v) is 4.45. The number of nitrogens with zero attached hydrogens (tertiary/aromatic N) is 2. The summed E-state index contributed by atoms with van der Waals surface area (Å²) in [6, 6.07) is 15.3. The van der Waals surface area contributed by atoms with Crippen LogP contribution in [0.5, 0.6) is 0 Å². The molecule has 138 valence electrons. The van der Waals surface area contributed by atoms with Gasteiger partial charge in [-0.25, -0.2) is 4.98 Å². The first-order chi connectivity index (χ1) is 13.0. The number of oxazole rings is 1. The topological polar surface area (TPSA) is 63.4 Å². The maximum atomic E-state index is 12.3. The minimum Gasteiger partial charge on any atom is -0.446 e. The smallest absolute Gasteiger partial charge is 0.226 e. The SMILES string of the molecule is CCC(=O)N(C)c1ccc(-c2ccc(C(=O)Cc3ncc(C)o3)cc2)cc1. The molecule has 0 aliphatic rings. The van der Waals surface area contributed by atoms with Crippen LogP contribution in [0, 0.1) is 6.92 Å². The van der Waals surface area contributed by atoms with Crippen molar-refractivity contribution in [2.24, 2.45) is 0 Å². The number of Topliss-reactive ketones (excluding diaryl/α,β-unsaturated/α-hetero) is 1. The van der Waals surface area contributed by atoms with Crippen molar-refractivity contribution in [1.82, 2.24) is 4.98 Å². The number of benzene rings is 2. The summed E-state index contributed by atoms with van der Waals surface area (Å²) in [4.78, 5) is 29.8. The monoisotopic (exact) mass is 362 g/mol. The number of hydrogen-bond acceptors (Lipinski definition) is 4. The fourth-order valence-corrected chi connectivity index (χ4v) is 2.83. The standard InChI is InChI=1S/C22H22N2O3/c1-4-22(26)24(3)19-11-9-17(10-12-19)16-5-7-18(8-6-16)20(25)13-21-23-14-15(2)27-21/h5-12,14H,4,13H2,1-3H3. The fourth-order valence-electron chi connectivity index (χ4n) is 2.83. The van der Waals surface area contributed by atoms with E-state index in [0.717, 1.165) is 16.8 Å². The third-order valence-electron chi connectivity index (χ3n) is 4.45. The van der Waals surface area contributed by atoms with Gasteiger partial charge in [0, 0.05) is 24.7 Å². The molecule has 1 amide bonds. The molecular weight excluding hydrogens is 340 g/mol. The van der Waals surface area contributed by atoms with Gasteiger partial charge in [-0.1, -0.05) is 43.3 Å². The second-order valence-electron chi connectivity index (χ2n) is 6.40. The second kappa shape index (κ2) is 7.99. The van der Waals surface area contributed by atoms with Crippen molar-refractivity contribution in [3.05, 3.63) is 71.9 Å². The lowest BCUT2D eigenvalue weighted by atomic mass is 10.0. The molecule has 5 nitrogen and oxygen atoms in total.